The van der Waals surface area contributed by atoms with Crippen LogP contribution in [0, 0.1) is 0 Å². The predicted molar refractivity (Wildman–Crippen MR) is 165 cm³/mol. The molecule has 0 spiro atoms. The second kappa shape index (κ2) is 13.4. The van der Waals surface area contributed by atoms with Crippen LogP contribution in [-0.2, 0) is 22.6 Å². The summed E-state index contributed by atoms with van der Waals surface area (Å²) in [5, 5.41) is 3.07. The third-order valence-electron chi connectivity index (χ3n) is 8.26. The number of esters is 1. The van der Waals surface area contributed by atoms with Crippen LogP contribution in [-0.4, -0.2) is 75.1 Å². The van der Waals surface area contributed by atoms with Gasteiger partial charge >= 0.3 is 5.97 Å². The number of hydrogen-bond donors (Lipinski definition) is 1. The van der Waals surface area contributed by atoms with E-state index in [1.165, 1.54) is 6.92 Å². The number of methoxy groups -OCH3 is 3. The number of aryl methyl sites for hydroxylation is 1. The van der Waals surface area contributed by atoms with Gasteiger partial charge in [-0.15, -0.1) is 0 Å². The SMILES string of the molecule is COc1cc2c(c(OC)c1OC)-c1ccc(OC(=O)c3cccc(CN4CCN(C(C)=O)CC4)c3)cc1[C@@H](NC(C)=O)CC2. The first-order valence-electron chi connectivity index (χ1n) is 14.7. The van der Waals surface area contributed by atoms with Gasteiger partial charge in [-0.25, -0.2) is 4.79 Å². The summed E-state index contributed by atoms with van der Waals surface area (Å²) in [7, 11) is 4.74. The standard InChI is InChI=1S/C34H39N3O7/c1-21(38)35-29-12-9-24-18-30(41-3)32(42-4)33(43-5)31(24)27-11-10-26(19-28(27)29)44-34(40)25-8-6-7-23(17-25)20-36-13-15-37(16-14-36)22(2)39/h6-8,10-11,17-19,29H,9,12-16,20H2,1-5H3,(H,35,38)/t29-/m0/s1. The fourth-order valence-electron chi connectivity index (χ4n) is 6.11. The number of rotatable bonds is 8. The number of carbonyl (C=O) groups is 3. The number of carbonyl (C=O) groups excluding carboxylic acids is 3. The summed E-state index contributed by atoms with van der Waals surface area (Å²) in [6.45, 7) is 6.73. The Morgan fingerprint density at radius 2 is 1.64 bits per heavy atom. The number of ether oxygens (including phenoxy) is 4. The van der Waals surface area contributed by atoms with Crippen LogP contribution in [0.1, 0.15) is 53.4 Å². The number of fused-ring (bicyclic) bond motifs is 3. The van der Waals surface area contributed by atoms with Crippen LogP contribution in [0.15, 0.2) is 48.5 Å². The molecule has 1 aliphatic heterocycles. The first kappa shape index (κ1) is 30.9. The van der Waals surface area contributed by atoms with Gasteiger partial charge in [0.1, 0.15) is 5.75 Å². The lowest BCUT2D eigenvalue weighted by atomic mass is 9.93. The quantitative estimate of drug-likeness (QED) is 0.300. The van der Waals surface area contributed by atoms with Gasteiger partial charge in [0, 0.05) is 52.1 Å². The summed E-state index contributed by atoms with van der Waals surface area (Å²) in [5.74, 6) is 1.42. The Labute approximate surface area is 257 Å². The molecule has 0 bridgehead atoms. The molecular weight excluding hydrogens is 562 g/mol. The van der Waals surface area contributed by atoms with Crippen LogP contribution < -0.4 is 24.3 Å². The van der Waals surface area contributed by atoms with Crippen LogP contribution in [0.25, 0.3) is 11.1 Å². The van der Waals surface area contributed by atoms with E-state index < -0.39 is 5.97 Å². The predicted octanol–water partition coefficient (Wildman–Crippen LogP) is 4.39. The first-order chi connectivity index (χ1) is 21.2. The Balaban J connectivity index is 1.42. The third-order valence-corrected chi connectivity index (χ3v) is 8.26. The smallest absolute Gasteiger partial charge is 0.343 e. The molecule has 3 aromatic rings. The van der Waals surface area contributed by atoms with Gasteiger partial charge in [0.25, 0.3) is 0 Å². The monoisotopic (exact) mass is 601 g/mol. The Hall–Kier alpha value is -4.57. The zero-order valence-electron chi connectivity index (χ0n) is 25.9. The van der Waals surface area contributed by atoms with Crippen LogP contribution in [0.4, 0.5) is 0 Å². The summed E-state index contributed by atoms with van der Waals surface area (Å²) in [5.41, 5.74) is 4.95. The minimum absolute atomic E-state index is 0.0962. The Kier molecular flexibility index (Phi) is 9.39. The lowest BCUT2D eigenvalue weighted by molar-refractivity contribution is -0.130. The number of piperazine rings is 1. The van der Waals surface area contributed by atoms with Gasteiger partial charge in [0.05, 0.1) is 32.9 Å². The van der Waals surface area contributed by atoms with Crippen LogP contribution in [0.2, 0.25) is 0 Å². The average molecular weight is 602 g/mol. The van der Waals surface area contributed by atoms with Gasteiger partial charge in [0.2, 0.25) is 17.6 Å². The summed E-state index contributed by atoms with van der Waals surface area (Å²) in [4.78, 5) is 41.3. The highest BCUT2D eigenvalue weighted by Crippen LogP contribution is 2.50. The molecule has 1 aliphatic carbocycles. The van der Waals surface area contributed by atoms with E-state index in [0.717, 1.165) is 40.9 Å². The lowest BCUT2D eigenvalue weighted by Crippen LogP contribution is -2.47. The van der Waals surface area contributed by atoms with Crippen molar-refractivity contribution in [1.82, 2.24) is 15.1 Å². The number of nitrogens with zero attached hydrogens (tertiary/aromatic N) is 2. The molecule has 0 aromatic heterocycles. The van der Waals surface area contributed by atoms with E-state index in [-0.39, 0.29) is 17.9 Å². The maximum atomic E-state index is 13.3. The van der Waals surface area contributed by atoms with E-state index in [9.17, 15) is 14.4 Å². The molecule has 10 nitrogen and oxygen atoms in total. The summed E-state index contributed by atoms with van der Waals surface area (Å²) >= 11 is 0. The molecule has 5 rings (SSSR count). The minimum Gasteiger partial charge on any atom is -0.493 e. The van der Waals surface area contributed by atoms with Crippen molar-refractivity contribution in [2.24, 2.45) is 0 Å². The second-order valence-corrected chi connectivity index (χ2v) is 11.1. The molecular formula is C34H39N3O7. The molecule has 3 aromatic carbocycles. The van der Waals surface area contributed by atoms with Gasteiger partial charge in [-0.2, -0.15) is 0 Å². The molecule has 1 N–H and O–H groups in total. The normalized spacial score (nSPS) is 16.2. The maximum absolute atomic E-state index is 13.3. The summed E-state index contributed by atoms with van der Waals surface area (Å²) < 4.78 is 23.0. The Morgan fingerprint density at radius 3 is 2.30 bits per heavy atom. The molecule has 10 heteroatoms. The number of hydrogen-bond acceptors (Lipinski definition) is 8. The van der Waals surface area contributed by atoms with E-state index in [2.05, 4.69) is 10.2 Å². The van der Waals surface area contributed by atoms with Crippen molar-refractivity contribution in [2.75, 3.05) is 47.5 Å². The fraction of sp³-hybridized carbons (Fsp3) is 0.382. The number of amides is 2. The van der Waals surface area contributed by atoms with Crippen molar-refractivity contribution in [3.05, 3.63) is 70.8 Å². The zero-order valence-corrected chi connectivity index (χ0v) is 25.9. The molecule has 2 aliphatic rings. The fourth-order valence-corrected chi connectivity index (χ4v) is 6.11. The molecule has 1 heterocycles. The van der Waals surface area contributed by atoms with Crippen molar-refractivity contribution < 1.29 is 33.3 Å². The topological polar surface area (TPSA) is 107 Å². The molecule has 1 fully saturated rings. The highest BCUT2D eigenvalue weighted by atomic mass is 16.5. The summed E-state index contributed by atoms with van der Waals surface area (Å²) in [6, 6.07) is 14.5. The van der Waals surface area contributed by atoms with Crippen molar-refractivity contribution >= 4 is 17.8 Å². The lowest BCUT2D eigenvalue weighted by Gasteiger charge is -2.34. The van der Waals surface area contributed by atoms with Crippen LogP contribution in [0.5, 0.6) is 23.0 Å². The molecule has 2 amide bonds. The highest BCUT2D eigenvalue weighted by molar-refractivity contribution is 5.91. The molecule has 232 valence electrons. The molecule has 44 heavy (non-hydrogen) atoms. The van der Waals surface area contributed by atoms with Crippen molar-refractivity contribution in [2.45, 2.75) is 39.3 Å². The number of benzene rings is 3. The van der Waals surface area contributed by atoms with E-state index >= 15 is 0 Å². The van der Waals surface area contributed by atoms with Crippen LogP contribution >= 0.6 is 0 Å². The Morgan fingerprint density at radius 1 is 0.886 bits per heavy atom. The maximum Gasteiger partial charge on any atom is 0.343 e. The van der Waals surface area contributed by atoms with Crippen molar-refractivity contribution in [1.29, 1.82) is 0 Å². The van der Waals surface area contributed by atoms with Gasteiger partial charge in [-0.3, -0.25) is 14.5 Å². The zero-order chi connectivity index (χ0) is 31.4. The van der Waals surface area contributed by atoms with Gasteiger partial charge in [-0.1, -0.05) is 18.2 Å². The number of nitrogens with one attached hydrogen (secondary N) is 1. The molecule has 0 saturated carbocycles. The van der Waals surface area contributed by atoms with E-state index in [1.54, 1.807) is 40.4 Å². The average Bonchev–Trinajstić information content (AvgIpc) is 3.16. The van der Waals surface area contributed by atoms with Crippen molar-refractivity contribution in [3.8, 4) is 34.1 Å². The minimum atomic E-state index is -0.470. The third kappa shape index (κ3) is 6.50. The van der Waals surface area contributed by atoms with Gasteiger partial charge < -0.3 is 29.2 Å². The van der Waals surface area contributed by atoms with Gasteiger partial charge in [-0.05, 0) is 65.4 Å². The Bertz CT molecular complexity index is 1560. The molecule has 0 unspecified atom stereocenters. The van der Waals surface area contributed by atoms with E-state index in [0.29, 0.717) is 61.0 Å². The molecule has 1 saturated heterocycles. The molecule has 0 radical (unpaired) electrons. The second-order valence-electron chi connectivity index (χ2n) is 11.1. The first-order valence-corrected chi connectivity index (χ1v) is 14.7. The molecule has 1 atom stereocenters. The largest absolute Gasteiger partial charge is 0.493 e. The van der Waals surface area contributed by atoms with Crippen LogP contribution in [0.3, 0.4) is 0 Å². The van der Waals surface area contributed by atoms with E-state index in [4.69, 9.17) is 18.9 Å². The van der Waals surface area contributed by atoms with Crippen molar-refractivity contribution in [3.63, 3.8) is 0 Å². The van der Waals surface area contributed by atoms with Gasteiger partial charge in [0.15, 0.2) is 11.5 Å². The van der Waals surface area contributed by atoms with E-state index in [1.807, 2.05) is 41.3 Å². The summed E-state index contributed by atoms with van der Waals surface area (Å²) in [6.07, 6.45) is 1.27. The highest BCUT2D eigenvalue weighted by Gasteiger charge is 2.30.